The first kappa shape index (κ1) is 16.0. The van der Waals surface area contributed by atoms with Crippen LogP contribution in [0, 0.1) is 19.7 Å². The largest absolute Gasteiger partial charge is 0.352 e. The Balaban J connectivity index is 1.87. The van der Waals surface area contributed by atoms with E-state index in [4.69, 9.17) is 0 Å². The SMILES string of the molecule is Cc1cc(/C=C2\NC(=O)N(Cc3ccccc3F)C2=O)c(C)n1C. The predicted octanol–water partition coefficient (Wildman–Crippen LogP) is 2.87. The molecule has 0 unspecified atom stereocenters. The molecule has 3 rings (SSSR count). The van der Waals surface area contributed by atoms with E-state index in [1.165, 1.54) is 6.07 Å². The minimum atomic E-state index is -0.542. The van der Waals surface area contributed by atoms with Gasteiger partial charge in [-0.25, -0.2) is 9.18 Å². The molecule has 0 atom stereocenters. The van der Waals surface area contributed by atoms with Gasteiger partial charge >= 0.3 is 6.03 Å². The number of hydrogen-bond acceptors (Lipinski definition) is 2. The first-order valence-corrected chi connectivity index (χ1v) is 7.59. The maximum absolute atomic E-state index is 13.8. The molecule has 1 saturated heterocycles. The lowest BCUT2D eigenvalue weighted by atomic mass is 10.2. The maximum atomic E-state index is 13.8. The summed E-state index contributed by atoms with van der Waals surface area (Å²) in [7, 11) is 1.94. The van der Waals surface area contributed by atoms with Gasteiger partial charge in [0.2, 0.25) is 0 Å². The van der Waals surface area contributed by atoms with Gasteiger partial charge in [-0.15, -0.1) is 0 Å². The second-order valence-corrected chi connectivity index (χ2v) is 5.86. The van der Waals surface area contributed by atoms with Crippen LogP contribution < -0.4 is 5.32 Å². The molecular weight excluding hydrogens is 309 g/mol. The zero-order chi connectivity index (χ0) is 17.4. The highest BCUT2D eigenvalue weighted by Crippen LogP contribution is 2.21. The number of rotatable bonds is 3. The fraction of sp³-hybridized carbons (Fsp3) is 0.222. The van der Waals surface area contributed by atoms with Crippen molar-refractivity contribution in [3.05, 3.63) is 64.4 Å². The summed E-state index contributed by atoms with van der Waals surface area (Å²) >= 11 is 0. The number of nitrogens with zero attached hydrogens (tertiary/aromatic N) is 2. The van der Waals surface area contributed by atoms with Crippen molar-refractivity contribution in [1.82, 2.24) is 14.8 Å². The second-order valence-electron chi connectivity index (χ2n) is 5.86. The number of halogens is 1. The van der Waals surface area contributed by atoms with E-state index in [0.717, 1.165) is 21.9 Å². The first-order valence-electron chi connectivity index (χ1n) is 7.59. The molecular formula is C18H18FN3O2. The normalized spacial score (nSPS) is 16.2. The Morgan fingerprint density at radius 3 is 2.54 bits per heavy atom. The average Bonchev–Trinajstić information content (AvgIpc) is 2.94. The predicted molar refractivity (Wildman–Crippen MR) is 88.3 cm³/mol. The summed E-state index contributed by atoms with van der Waals surface area (Å²) in [5.74, 6) is -0.894. The van der Waals surface area contributed by atoms with Crippen LogP contribution in [0.1, 0.15) is 22.5 Å². The zero-order valence-electron chi connectivity index (χ0n) is 13.8. The van der Waals surface area contributed by atoms with Crippen LogP contribution in [0.4, 0.5) is 9.18 Å². The fourth-order valence-corrected chi connectivity index (χ4v) is 2.70. The monoisotopic (exact) mass is 327 g/mol. The number of carbonyl (C=O) groups is 2. The fourth-order valence-electron chi connectivity index (χ4n) is 2.70. The van der Waals surface area contributed by atoms with Crippen LogP contribution in [0.25, 0.3) is 6.08 Å². The molecule has 1 fully saturated rings. The number of nitrogens with one attached hydrogen (secondary N) is 1. The topological polar surface area (TPSA) is 54.3 Å². The van der Waals surface area contributed by atoms with Gasteiger partial charge in [-0.3, -0.25) is 9.69 Å². The van der Waals surface area contributed by atoms with E-state index in [0.29, 0.717) is 5.56 Å². The van der Waals surface area contributed by atoms with Crippen molar-refractivity contribution in [2.24, 2.45) is 7.05 Å². The van der Waals surface area contributed by atoms with Crippen LogP contribution in [-0.2, 0) is 18.4 Å². The highest BCUT2D eigenvalue weighted by molar-refractivity contribution is 6.13. The molecule has 1 aliphatic heterocycles. The molecule has 0 aliphatic carbocycles. The van der Waals surface area contributed by atoms with E-state index in [1.54, 1.807) is 24.3 Å². The summed E-state index contributed by atoms with van der Waals surface area (Å²) in [4.78, 5) is 25.6. The van der Waals surface area contributed by atoms with Crippen molar-refractivity contribution in [3.63, 3.8) is 0 Å². The van der Waals surface area contributed by atoms with Gasteiger partial charge in [0.25, 0.3) is 5.91 Å². The number of hydrogen-bond donors (Lipinski definition) is 1. The van der Waals surface area contributed by atoms with E-state index in [9.17, 15) is 14.0 Å². The molecule has 0 bridgehead atoms. The maximum Gasteiger partial charge on any atom is 0.329 e. The van der Waals surface area contributed by atoms with Crippen molar-refractivity contribution < 1.29 is 14.0 Å². The molecule has 2 heterocycles. The van der Waals surface area contributed by atoms with Gasteiger partial charge in [-0.1, -0.05) is 18.2 Å². The molecule has 3 amide bonds. The molecule has 1 aliphatic rings. The minimum absolute atomic E-state index is 0.0958. The number of carbonyl (C=O) groups excluding carboxylic acids is 2. The standard InChI is InChI=1S/C18H18FN3O2/c1-11-8-14(12(2)21(11)3)9-16-17(23)22(18(24)20-16)10-13-6-4-5-7-15(13)19/h4-9H,10H2,1-3H3,(H,20,24)/b16-9-. The lowest BCUT2D eigenvalue weighted by Crippen LogP contribution is -2.30. The molecule has 1 N–H and O–H groups in total. The molecule has 6 heteroatoms. The molecule has 1 aromatic carbocycles. The van der Waals surface area contributed by atoms with Gasteiger partial charge in [0, 0.05) is 24.0 Å². The Morgan fingerprint density at radius 1 is 1.21 bits per heavy atom. The Morgan fingerprint density at radius 2 is 1.92 bits per heavy atom. The molecule has 5 nitrogen and oxygen atoms in total. The van der Waals surface area contributed by atoms with Crippen LogP contribution in [0.3, 0.4) is 0 Å². The third-order valence-corrected chi connectivity index (χ3v) is 4.36. The summed E-state index contributed by atoms with van der Waals surface area (Å²) in [6.07, 6.45) is 1.66. The number of urea groups is 1. The van der Waals surface area contributed by atoms with Gasteiger partial charge in [0.1, 0.15) is 11.5 Å². The zero-order valence-corrected chi connectivity index (χ0v) is 13.8. The summed E-state index contributed by atoms with van der Waals surface area (Å²) in [5, 5.41) is 2.56. The van der Waals surface area contributed by atoms with E-state index < -0.39 is 17.8 Å². The minimum Gasteiger partial charge on any atom is -0.352 e. The highest BCUT2D eigenvalue weighted by Gasteiger charge is 2.34. The number of aryl methyl sites for hydroxylation is 1. The molecule has 0 saturated carbocycles. The number of aromatic nitrogens is 1. The summed E-state index contributed by atoms with van der Waals surface area (Å²) in [6.45, 7) is 3.81. The quantitative estimate of drug-likeness (QED) is 0.696. The average molecular weight is 327 g/mol. The highest BCUT2D eigenvalue weighted by atomic mass is 19.1. The molecule has 124 valence electrons. The van der Waals surface area contributed by atoms with Gasteiger partial charge in [-0.05, 0) is 37.6 Å². The Bertz CT molecular complexity index is 867. The van der Waals surface area contributed by atoms with E-state index in [2.05, 4.69) is 5.32 Å². The van der Waals surface area contributed by atoms with Crippen LogP contribution in [0.2, 0.25) is 0 Å². The number of imide groups is 1. The van der Waals surface area contributed by atoms with E-state index >= 15 is 0 Å². The van der Waals surface area contributed by atoms with Crippen molar-refractivity contribution in [3.8, 4) is 0 Å². The van der Waals surface area contributed by atoms with Crippen LogP contribution in [-0.4, -0.2) is 21.4 Å². The van der Waals surface area contributed by atoms with E-state index in [1.807, 2.05) is 31.5 Å². The Hall–Kier alpha value is -2.89. The Kier molecular flexibility index (Phi) is 3.97. The van der Waals surface area contributed by atoms with Crippen LogP contribution in [0.15, 0.2) is 36.0 Å². The lowest BCUT2D eigenvalue weighted by Gasteiger charge is -2.12. The Labute approximate surface area is 139 Å². The van der Waals surface area contributed by atoms with Gasteiger partial charge in [-0.2, -0.15) is 0 Å². The molecule has 2 aromatic rings. The molecule has 1 aromatic heterocycles. The number of benzene rings is 1. The third kappa shape index (κ3) is 2.71. The summed E-state index contributed by atoms with van der Waals surface area (Å²) in [5.41, 5.74) is 3.42. The molecule has 0 spiro atoms. The van der Waals surface area contributed by atoms with Crippen molar-refractivity contribution in [2.75, 3.05) is 0 Å². The lowest BCUT2D eigenvalue weighted by molar-refractivity contribution is -0.123. The molecule has 0 radical (unpaired) electrons. The van der Waals surface area contributed by atoms with E-state index in [-0.39, 0.29) is 12.2 Å². The van der Waals surface area contributed by atoms with Gasteiger partial charge < -0.3 is 9.88 Å². The van der Waals surface area contributed by atoms with Gasteiger partial charge in [0.15, 0.2) is 0 Å². The van der Waals surface area contributed by atoms with Crippen molar-refractivity contribution in [1.29, 1.82) is 0 Å². The van der Waals surface area contributed by atoms with Crippen molar-refractivity contribution >= 4 is 18.0 Å². The van der Waals surface area contributed by atoms with Gasteiger partial charge in [0.05, 0.1) is 6.54 Å². The van der Waals surface area contributed by atoms with Crippen LogP contribution in [0.5, 0.6) is 0 Å². The summed E-state index contributed by atoms with van der Waals surface area (Å²) in [6, 6.07) is 7.50. The summed E-state index contributed by atoms with van der Waals surface area (Å²) < 4.78 is 15.8. The third-order valence-electron chi connectivity index (χ3n) is 4.36. The van der Waals surface area contributed by atoms with Crippen LogP contribution >= 0.6 is 0 Å². The number of amides is 3. The second kappa shape index (κ2) is 5.96. The van der Waals surface area contributed by atoms with Crippen molar-refractivity contribution in [2.45, 2.75) is 20.4 Å². The smallest absolute Gasteiger partial charge is 0.329 e. The molecule has 24 heavy (non-hydrogen) atoms. The first-order chi connectivity index (χ1) is 11.4.